The van der Waals surface area contributed by atoms with Crippen LogP contribution in [0, 0.1) is 0 Å². The summed E-state index contributed by atoms with van der Waals surface area (Å²) in [6.45, 7) is 7.74. The van der Waals surface area contributed by atoms with Gasteiger partial charge in [-0.2, -0.15) is 12.7 Å². The second-order valence-electron chi connectivity index (χ2n) is 5.29. The first-order valence-corrected chi connectivity index (χ1v) is 8.81. The van der Waals surface area contributed by atoms with E-state index in [1.165, 1.54) is 8.61 Å². The van der Waals surface area contributed by atoms with Gasteiger partial charge in [-0.1, -0.05) is 32.0 Å². The van der Waals surface area contributed by atoms with Gasteiger partial charge in [-0.05, 0) is 32.0 Å². The van der Waals surface area contributed by atoms with Crippen molar-refractivity contribution in [3.63, 3.8) is 0 Å². The van der Waals surface area contributed by atoms with Crippen molar-refractivity contribution in [2.75, 3.05) is 31.0 Å². The zero-order valence-corrected chi connectivity index (χ0v) is 14.2. The summed E-state index contributed by atoms with van der Waals surface area (Å²) in [6, 6.07) is 9.62. The molecule has 0 spiro atoms. The molecule has 0 radical (unpaired) electrons. The first kappa shape index (κ1) is 17.9. The molecule has 0 bridgehead atoms. The van der Waals surface area contributed by atoms with Crippen LogP contribution in [0.5, 0.6) is 0 Å². The van der Waals surface area contributed by atoms with Gasteiger partial charge < -0.3 is 5.32 Å². The normalized spacial score (nSPS) is 12.1. The van der Waals surface area contributed by atoms with Crippen molar-refractivity contribution < 1.29 is 8.42 Å². The fourth-order valence-electron chi connectivity index (χ4n) is 2.05. The Morgan fingerprint density at radius 1 is 1.19 bits per heavy atom. The van der Waals surface area contributed by atoms with Gasteiger partial charge in [0.1, 0.15) is 0 Å². The molecule has 0 saturated carbocycles. The summed E-state index contributed by atoms with van der Waals surface area (Å²) < 4.78 is 28.1. The van der Waals surface area contributed by atoms with Gasteiger partial charge in [0.25, 0.3) is 0 Å². The monoisotopic (exact) mass is 313 g/mol. The van der Waals surface area contributed by atoms with Crippen molar-refractivity contribution in [2.24, 2.45) is 0 Å². The van der Waals surface area contributed by atoms with Crippen LogP contribution in [-0.2, 0) is 10.2 Å². The molecule has 0 aromatic heterocycles. The number of para-hydroxylation sites is 1. The number of nitrogens with zero attached hydrogens (tertiary/aromatic N) is 2. The Morgan fingerprint density at radius 3 is 2.33 bits per heavy atom. The minimum atomic E-state index is -3.47. The van der Waals surface area contributed by atoms with E-state index in [1.807, 2.05) is 37.3 Å². The highest BCUT2D eigenvalue weighted by atomic mass is 32.2. The number of anilines is 1. The van der Waals surface area contributed by atoms with E-state index in [2.05, 4.69) is 19.2 Å². The van der Waals surface area contributed by atoms with Gasteiger partial charge in [0.05, 0.1) is 5.69 Å². The van der Waals surface area contributed by atoms with Crippen LogP contribution < -0.4 is 9.62 Å². The van der Waals surface area contributed by atoms with Gasteiger partial charge in [-0.3, -0.25) is 4.31 Å². The minimum absolute atomic E-state index is 0.418. The third-order valence-corrected chi connectivity index (χ3v) is 5.20. The third-order valence-electron chi connectivity index (χ3n) is 3.21. The van der Waals surface area contributed by atoms with Crippen molar-refractivity contribution in [1.82, 2.24) is 9.62 Å². The Kier molecular flexibility index (Phi) is 7.14. The largest absolute Gasteiger partial charge is 0.314 e. The first-order chi connectivity index (χ1) is 9.89. The quantitative estimate of drug-likeness (QED) is 0.710. The molecule has 21 heavy (non-hydrogen) atoms. The molecule has 0 atom stereocenters. The van der Waals surface area contributed by atoms with Crippen LogP contribution in [-0.4, -0.2) is 45.4 Å². The predicted octanol–water partition coefficient (Wildman–Crippen LogP) is 2.08. The Balaban J connectivity index is 2.69. The molecule has 0 heterocycles. The standard InChI is InChI=1S/C15H27N3O2S/c1-5-18(15-10-7-6-8-11-15)21(19,20)17(4)13-9-12-16-14(2)3/h6-8,10-11,14,16H,5,9,12-13H2,1-4H3. The maximum absolute atomic E-state index is 12.6. The zero-order chi connectivity index (χ0) is 15.9. The molecule has 1 N–H and O–H groups in total. The lowest BCUT2D eigenvalue weighted by atomic mass is 10.3. The molecule has 0 amide bonds. The van der Waals surface area contributed by atoms with Crippen LogP contribution in [0.1, 0.15) is 27.2 Å². The molecule has 1 aromatic carbocycles. The van der Waals surface area contributed by atoms with Crippen LogP contribution in [0.25, 0.3) is 0 Å². The SMILES string of the molecule is CCN(c1ccccc1)S(=O)(=O)N(C)CCCNC(C)C. The fraction of sp³-hybridized carbons (Fsp3) is 0.600. The summed E-state index contributed by atoms with van der Waals surface area (Å²) in [7, 11) is -1.83. The van der Waals surface area contributed by atoms with Crippen LogP contribution in [0.4, 0.5) is 5.69 Å². The predicted molar refractivity (Wildman–Crippen MR) is 88.8 cm³/mol. The molecule has 0 fully saturated rings. The van der Waals surface area contributed by atoms with E-state index >= 15 is 0 Å². The Morgan fingerprint density at radius 2 is 1.81 bits per heavy atom. The fourth-order valence-corrected chi connectivity index (χ4v) is 3.46. The maximum Gasteiger partial charge on any atom is 0.303 e. The van der Waals surface area contributed by atoms with E-state index in [-0.39, 0.29) is 0 Å². The van der Waals surface area contributed by atoms with E-state index in [1.54, 1.807) is 7.05 Å². The molecule has 0 saturated heterocycles. The smallest absolute Gasteiger partial charge is 0.303 e. The second kappa shape index (κ2) is 8.36. The molecular formula is C15H27N3O2S. The Hall–Kier alpha value is -1.11. The van der Waals surface area contributed by atoms with Gasteiger partial charge >= 0.3 is 10.2 Å². The molecular weight excluding hydrogens is 286 g/mol. The van der Waals surface area contributed by atoms with Crippen molar-refractivity contribution in [2.45, 2.75) is 33.2 Å². The zero-order valence-electron chi connectivity index (χ0n) is 13.4. The Bertz CT molecular complexity index is 503. The minimum Gasteiger partial charge on any atom is -0.314 e. The molecule has 6 heteroatoms. The van der Waals surface area contributed by atoms with E-state index < -0.39 is 10.2 Å². The average molecular weight is 313 g/mol. The highest BCUT2D eigenvalue weighted by molar-refractivity contribution is 7.90. The number of benzene rings is 1. The van der Waals surface area contributed by atoms with E-state index in [4.69, 9.17) is 0 Å². The summed E-state index contributed by atoms with van der Waals surface area (Å²) in [6.07, 6.45) is 0.792. The summed E-state index contributed by atoms with van der Waals surface area (Å²) in [4.78, 5) is 0. The van der Waals surface area contributed by atoms with Crippen molar-refractivity contribution >= 4 is 15.9 Å². The number of hydrogen-bond donors (Lipinski definition) is 1. The second-order valence-corrected chi connectivity index (χ2v) is 7.25. The van der Waals surface area contributed by atoms with E-state index in [0.717, 1.165) is 13.0 Å². The van der Waals surface area contributed by atoms with Crippen LogP contribution in [0.15, 0.2) is 30.3 Å². The summed E-state index contributed by atoms with van der Waals surface area (Å²) in [5, 5.41) is 3.29. The number of rotatable bonds is 9. The molecule has 0 aliphatic heterocycles. The average Bonchev–Trinajstić information content (AvgIpc) is 2.44. The molecule has 1 aromatic rings. The van der Waals surface area contributed by atoms with Crippen molar-refractivity contribution in [1.29, 1.82) is 0 Å². The van der Waals surface area contributed by atoms with Gasteiger partial charge in [0.2, 0.25) is 0 Å². The van der Waals surface area contributed by atoms with Crippen LogP contribution in [0.3, 0.4) is 0 Å². The highest BCUT2D eigenvalue weighted by Gasteiger charge is 2.25. The number of nitrogens with one attached hydrogen (secondary N) is 1. The van der Waals surface area contributed by atoms with Crippen molar-refractivity contribution in [3.8, 4) is 0 Å². The lowest BCUT2D eigenvalue weighted by Crippen LogP contribution is -2.43. The van der Waals surface area contributed by atoms with E-state index in [9.17, 15) is 8.42 Å². The van der Waals surface area contributed by atoms with Crippen molar-refractivity contribution in [3.05, 3.63) is 30.3 Å². The van der Waals surface area contributed by atoms with Gasteiger partial charge in [-0.15, -0.1) is 0 Å². The topological polar surface area (TPSA) is 52.7 Å². The molecule has 120 valence electrons. The lowest BCUT2D eigenvalue weighted by molar-refractivity contribution is 0.445. The maximum atomic E-state index is 12.6. The van der Waals surface area contributed by atoms with Gasteiger partial charge in [0.15, 0.2) is 0 Å². The van der Waals surface area contributed by atoms with Crippen LogP contribution in [0.2, 0.25) is 0 Å². The summed E-state index contributed by atoms with van der Waals surface area (Å²) in [5.74, 6) is 0. The van der Waals surface area contributed by atoms with Gasteiger partial charge in [-0.25, -0.2) is 0 Å². The molecule has 0 aliphatic carbocycles. The summed E-state index contributed by atoms with van der Waals surface area (Å²) in [5.41, 5.74) is 0.701. The van der Waals surface area contributed by atoms with E-state index in [0.29, 0.717) is 24.8 Å². The highest BCUT2D eigenvalue weighted by Crippen LogP contribution is 2.19. The summed E-state index contributed by atoms with van der Waals surface area (Å²) >= 11 is 0. The lowest BCUT2D eigenvalue weighted by Gasteiger charge is -2.28. The number of hydrogen-bond acceptors (Lipinski definition) is 3. The first-order valence-electron chi connectivity index (χ1n) is 7.42. The molecule has 5 nitrogen and oxygen atoms in total. The Labute approximate surface area is 129 Å². The van der Waals surface area contributed by atoms with Gasteiger partial charge in [0, 0.05) is 26.2 Å². The molecule has 1 rings (SSSR count). The molecule has 0 aliphatic rings. The third kappa shape index (κ3) is 5.30. The molecule has 0 unspecified atom stereocenters. The van der Waals surface area contributed by atoms with Crippen LogP contribution >= 0.6 is 0 Å².